The van der Waals surface area contributed by atoms with Crippen LogP contribution >= 0.6 is 27.7 Å². The number of likely N-dealkylation sites (N-methyl/N-ethyl adjacent to an activating group) is 3. The third-order valence-electron chi connectivity index (χ3n) is 9.69. The van der Waals surface area contributed by atoms with E-state index in [1.165, 1.54) is 28.1 Å². The lowest BCUT2D eigenvalue weighted by molar-refractivity contribution is -0.582. The van der Waals surface area contributed by atoms with Gasteiger partial charge in [0.15, 0.2) is 6.04 Å². The molecule has 0 aromatic carbocycles. The quantitative estimate of drug-likeness (QED) is 0.0208. The summed E-state index contributed by atoms with van der Waals surface area (Å²) in [5.41, 5.74) is 19.8. The van der Waals surface area contributed by atoms with Crippen LogP contribution in [-0.2, 0) is 47.8 Å². The highest BCUT2D eigenvalue weighted by Crippen LogP contribution is 2.18. The fourth-order valence-electron chi connectivity index (χ4n) is 5.35. The molecule has 0 aliphatic carbocycles. The van der Waals surface area contributed by atoms with Gasteiger partial charge in [-0.05, 0) is 111 Å². The molecule has 7 amide bonds. The Kier molecular flexibility index (Phi) is 47.4. The first kappa shape index (κ1) is 83.4. The van der Waals surface area contributed by atoms with Crippen LogP contribution in [0.4, 0.5) is 0 Å². The lowest BCUT2D eigenvalue weighted by atomic mass is 10.1. The second-order valence-electron chi connectivity index (χ2n) is 20.1. The van der Waals surface area contributed by atoms with Crippen molar-refractivity contribution in [2.75, 3.05) is 21.1 Å². The molecule has 462 valence electrons. The Morgan fingerprint density at radius 1 is 0.487 bits per heavy atom. The number of carbonyl (C=O) groups is 8. The monoisotopic (exact) mass is 1180 g/mol. The van der Waals surface area contributed by atoms with Crippen LogP contribution in [0.25, 0.3) is 0 Å². The molecule has 0 radical (unpaired) electrons. The maximum atomic E-state index is 13.4. The number of rotatable bonds is 27. The molecule has 4 unspecified atom stereocenters. The molecule has 27 nitrogen and oxygen atoms in total. The van der Waals surface area contributed by atoms with Crippen molar-refractivity contribution in [2.45, 2.75) is 239 Å². The number of carbonyl (C=O) groups excluding carboxylic acids is 8. The van der Waals surface area contributed by atoms with Gasteiger partial charge in [-0.1, -0.05) is 13.8 Å². The molecule has 0 saturated heterocycles. The minimum Gasteiger partial charge on any atom is -0.815 e. The third kappa shape index (κ3) is 41.6. The van der Waals surface area contributed by atoms with Gasteiger partial charge in [-0.15, -0.1) is 27.7 Å². The molecule has 21 N–H and O–H groups in total. The van der Waals surface area contributed by atoms with E-state index in [0.717, 1.165) is 0 Å². The molecule has 0 aromatic heterocycles. The lowest BCUT2D eigenvalue weighted by Crippen LogP contribution is -2.77. The maximum Gasteiger partial charge on any atom is 0.327 e. The molecule has 0 saturated carbocycles. The summed E-state index contributed by atoms with van der Waals surface area (Å²) in [6.07, 6.45) is -2.22. The van der Waals surface area contributed by atoms with Gasteiger partial charge >= 0.3 is 5.97 Å². The molecule has 78 heavy (non-hydrogen) atoms. The molecule has 16 atom stereocenters. The van der Waals surface area contributed by atoms with Crippen LogP contribution in [0.5, 0.6) is 0 Å². The van der Waals surface area contributed by atoms with Crippen molar-refractivity contribution in [2.24, 2.45) is 17.2 Å². The fourth-order valence-corrected chi connectivity index (χ4v) is 6.86. The smallest absolute Gasteiger partial charge is 0.327 e. The predicted octanol–water partition coefficient (Wildman–Crippen LogP) is -4.83. The Bertz CT molecular complexity index is 1740. The van der Waals surface area contributed by atoms with Gasteiger partial charge in [0, 0.05) is 63.2 Å². The van der Waals surface area contributed by atoms with Crippen molar-refractivity contribution in [3.63, 3.8) is 0 Å². The zero-order chi connectivity index (χ0) is 62.7. The second kappa shape index (κ2) is 44.3. The van der Waals surface area contributed by atoms with Crippen molar-refractivity contribution in [3.8, 4) is 0 Å². The van der Waals surface area contributed by atoms with Gasteiger partial charge in [-0.2, -0.15) is 0 Å². The summed E-state index contributed by atoms with van der Waals surface area (Å²) in [4.78, 5) is 91.4. The van der Waals surface area contributed by atoms with Crippen molar-refractivity contribution in [3.05, 3.63) is 0 Å². The highest BCUT2D eigenvalue weighted by Gasteiger charge is 2.36. The topological polar surface area (TPSA) is 436 Å². The minimum absolute atomic E-state index is 0.0146. The molecular weight excluding hydrogens is 1070 g/mol. The van der Waals surface area contributed by atoms with E-state index in [2.05, 4.69) is 91.9 Å². The molecule has 0 fully saturated rings. The Hall–Kier alpha value is -3.39. The number of hydrogen-bond donors (Lipinski definition) is 16. The predicted molar refractivity (Wildman–Crippen MR) is 314 cm³/mol. The summed E-state index contributed by atoms with van der Waals surface area (Å²) >= 11 is 0. The third-order valence-corrected chi connectivity index (χ3v) is 11.3. The molecule has 0 spiro atoms. The lowest BCUT2D eigenvalue weighted by Gasteiger charge is -2.49. The van der Waals surface area contributed by atoms with E-state index in [-0.39, 0.29) is 83.4 Å². The molecular formula is C48H108N15O12P3. The highest BCUT2D eigenvalue weighted by atomic mass is 31.0. The van der Waals surface area contributed by atoms with Gasteiger partial charge < -0.3 is 90.5 Å². The van der Waals surface area contributed by atoms with E-state index in [9.17, 15) is 43.5 Å². The second-order valence-corrected chi connectivity index (χ2v) is 22.1. The molecule has 0 aliphatic rings. The first-order valence-corrected chi connectivity index (χ1v) is 28.0. The normalized spacial score (nSPS) is 16.4. The number of aliphatic hydroxyl groups excluding tert-OH is 1. The number of hydrogen-bond acceptors (Lipinski definition) is 19. The summed E-state index contributed by atoms with van der Waals surface area (Å²) in [6.45, 7) is 32.4. The molecule has 0 bridgehead atoms. The van der Waals surface area contributed by atoms with Crippen LogP contribution in [0.2, 0.25) is 0 Å². The molecule has 0 aromatic rings. The summed E-state index contributed by atoms with van der Waals surface area (Å²) in [5.74, 6) is -6.06. The Morgan fingerprint density at radius 2 is 0.859 bits per heavy atom. The van der Waals surface area contributed by atoms with E-state index in [1.54, 1.807) is 34.6 Å². The molecule has 0 aliphatic heterocycles. The van der Waals surface area contributed by atoms with Crippen LogP contribution in [0.1, 0.15) is 125 Å². The summed E-state index contributed by atoms with van der Waals surface area (Å²) in [7, 11) is 11.6. The SMILES string of the molecule is CC(C)NC(=O)[C@@H](C)N.CC(C)NC(=O)[C@@H](C)NC(=O)[C@@H](P)NC(C)C.CNC(=O)[C@@H](N)[C@@H](C)O.CNC(=O)[C@@H](N)[C@@H](C)OC(=O)[C@@H](P)NC(C)C.CNC(=O)[C@@H]([NH3+])[C@@H](C)OC([O-])(N[C@H](C)C(=O)NC(C)C)[C@@H](P)NC(C)C. The number of esters is 1. The van der Waals surface area contributed by atoms with Crippen molar-refractivity contribution >= 4 is 75.0 Å². The van der Waals surface area contributed by atoms with Gasteiger partial charge in [-0.25, -0.2) is 4.79 Å². The number of quaternary nitrogens is 1. The first-order chi connectivity index (χ1) is 35.5. The Balaban J connectivity index is -0.000000301. The van der Waals surface area contributed by atoms with Gasteiger partial charge in [0.2, 0.25) is 35.4 Å². The van der Waals surface area contributed by atoms with Gasteiger partial charge in [0.05, 0.1) is 24.1 Å². The van der Waals surface area contributed by atoms with Crippen LogP contribution in [0.3, 0.4) is 0 Å². The number of nitrogens with two attached hydrogens (primary N) is 3. The number of aliphatic hydroxyl groups is 1. The number of nitrogens with one attached hydrogen (secondary N) is 11. The van der Waals surface area contributed by atoms with Crippen LogP contribution < -0.4 is 86.5 Å². The van der Waals surface area contributed by atoms with E-state index in [0.29, 0.717) is 0 Å². The zero-order valence-electron chi connectivity index (χ0n) is 50.5. The average Bonchev–Trinajstić information content (AvgIpc) is 3.31. The van der Waals surface area contributed by atoms with Crippen molar-refractivity contribution < 1.29 is 63.8 Å². The van der Waals surface area contributed by atoms with Gasteiger partial charge in [-0.3, -0.25) is 44.2 Å². The van der Waals surface area contributed by atoms with Crippen molar-refractivity contribution in [1.82, 2.24) is 58.5 Å². The van der Waals surface area contributed by atoms with E-state index >= 15 is 0 Å². The van der Waals surface area contributed by atoms with E-state index < -0.39 is 78.0 Å². The van der Waals surface area contributed by atoms with E-state index in [1.807, 2.05) is 83.1 Å². The highest BCUT2D eigenvalue weighted by molar-refractivity contribution is 7.19. The fraction of sp³-hybridized carbons (Fsp3) is 0.833. The molecule has 30 heteroatoms. The van der Waals surface area contributed by atoms with Crippen LogP contribution in [0.15, 0.2) is 0 Å². The standard InChI is InChI=1S/C16H35N5O4P.C11H24N3O2P.C10H22N3O3P.C6H14N2O.C5H12N2O2/c1-8(2)19-13(22)10(5)21-16(24,15(26)20-9(3)4)25-11(6)12(17)14(23)18-7;1-6(2)12-9(15)8(5)14-10(16)11(17)13-7(3)4;1-5(2)13-9(17)10(15)16-6(3)7(11)8(14)12-4;1-4(2)8-6(9)5(3)7;1-3(8)4(6)5(9)7-2/h8-12,15,20-21H,17,26H2,1-7H3,(H,18,23)(H,19,22);6-8,11,13H,17H2,1-5H3,(H,12,15)(H,14,16);5-7,9,13H,11,17H2,1-4H3,(H,12,14);4-5H,7H2,1-3H3,(H,8,9);3-4,8H,6H2,1-2H3,(H,7,9)/q-1;;;;/p+1/t10-,11-,12+,15-,16?;8-,11-;6-,7+,9-;5-;3-,4+/m11111/s1. The van der Waals surface area contributed by atoms with Gasteiger partial charge in [0.25, 0.3) is 5.91 Å². The number of amides is 7. The van der Waals surface area contributed by atoms with Crippen LogP contribution in [0, 0.1) is 0 Å². The summed E-state index contributed by atoms with van der Waals surface area (Å²) in [6, 6.07) is -3.56. The largest absolute Gasteiger partial charge is 0.815 e. The van der Waals surface area contributed by atoms with Gasteiger partial charge in [0.1, 0.15) is 41.9 Å². The summed E-state index contributed by atoms with van der Waals surface area (Å²) in [5, 5.41) is 52.0. The minimum atomic E-state index is -2.16. The molecule has 0 rings (SSSR count). The van der Waals surface area contributed by atoms with Crippen LogP contribution in [-0.4, -0.2) is 188 Å². The average molecular weight is 1180 g/mol. The van der Waals surface area contributed by atoms with Crippen molar-refractivity contribution in [1.29, 1.82) is 0 Å². The zero-order valence-corrected chi connectivity index (χ0v) is 54.0. The van der Waals surface area contributed by atoms with E-state index in [4.69, 9.17) is 31.8 Å². The Labute approximate surface area is 472 Å². The maximum absolute atomic E-state index is 13.4. The number of ether oxygens (including phenoxy) is 2. The molecule has 0 heterocycles. The summed E-state index contributed by atoms with van der Waals surface area (Å²) < 4.78 is 10.7. The first-order valence-electron chi connectivity index (χ1n) is 26.0. The Morgan fingerprint density at radius 3 is 1.19 bits per heavy atom.